The quantitative estimate of drug-likeness (QED) is 0.224. The molecule has 33 heavy (non-hydrogen) atoms. The summed E-state index contributed by atoms with van der Waals surface area (Å²) in [4.78, 5) is 48.9. The molecule has 1 amide bonds. The fourth-order valence-corrected chi connectivity index (χ4v) is 3.52. The van der Waals surface area contributed by atoms with Crippen LogP contribution in [0.4, 0.5) is 5.69 Å². The smallest absolute Gasteiger partial charge is 0.343 e. The summed E-state index contributed by atoms with van der Waals surface area (Å²) < 4.78 is 32.0. The number of ether oxygens (including phenoxy) is 1. The van der Waals surface area contributed by atoms with Crippen LogP contribution in [-0.4, -0.2) is 41.3 Å². The number of aromatic nitrogens is 1. The number of carbonyl (C=O) groups is 3. The van der Waals surface area contributed by atoms with E-state index < -0.39 is 43.4 Å². The van der Waals surface area contributed by atoms with E-state index in [1.54, 1.807) is 4.72 Å². The largest absolute Gasteiger partial charge is 0.478 e. The lowest BCUT2D eigenvalue weighted by Crippen LogP contribution is -2.31. The Morgan fingerprint density at radius 3 is 2.33 bits per heavy atom. The first-order valence-corrected chi connectivity index (χ1v) is 10.4. The van der Waals surface area contributed by atoms with E-state index in [9.17, 15) is 32.9 Å². The average molecular weight is 471 g/mol. The first kappa shape index (κ1) is 23.0. The Balaban J connectivity index is 1.77. The second-order valence-electron chi connectivity index (χ2n) is 6.34. The number of rotatable bonds is 7. The maximum absolute atomic E-state index is 12.6. The van der Waals surface area contributed by atoms with E-state index in [1.807, 2.05) is 0 Å². The number of nitrogens with one attached hydrogen (secondary N) is 1. The van der Waals surface area contributed by atoms with Gasteiger partial charge in [-0.15, -0.1) is 0 Å². The van der Waals surface area contributed by atoms with Crippen LogP contribution < -0.4 is 9.46 Å². The van der Waals surface area contributed by atoms with Gasteiger partial charge < -0.3 is 9.84 Å². The highest BCUT2D eigenvalue weighted by molar-refractivity contribution is 7.90. The van der Waals surface area contributed by atoms with Gasteiger partial charge in [-0.1, -0.05) is 6.07 Å². The standard InChI is InChI=1S/C20H13N3O9S/c24-18(17-11-12(19(25)26)8-9-21-17)22-33(30,31)16-3-1-2-13(10-16)20(27)32-15-6-4-14(5-7-15)23(28)29/h1-11H,(H,22,24)(H,25,26). The molecule has 0 saturated carbocycles. The highest BCUT2D eigenvalue weighted by Crippen LogP contribution is 2.19. The summed E-state index contributed by atoms with van der Waals surface area (Å²) in [5, 5.41) is 19.7. The first-order chi connectivity index (χ1) is 15.6. The molecule has 13 heteroatoms. The number of nitro groups is 1. The van der Waals surface area contributed by atoms with Crippen LogP contribution in [-0.2, 0) is 10.0 Å². The maximum atomic E-state index is 12.6. The van der Waals surface area contributed by atoms with Crippen molar-refractivity contribution in [2.45, 2.75) is 4.90 Å². The Kier molecular flexibility index (Phi) is 6.44. The van der Waals surface area contributed by atoms with Gasteiger partial charge in [0.25, 0.3) is 21.6 Å². The molecule has 0 fully saturated rings. The van der Waals surface area contributed by atoms with Gasteiger partial charge in [0.1, 0.15) is 11.4 Å². The van der Waals surface area contributed by atoms with Crippen LogP contribution in [0.1, 0.15) is 31.2 Å². The zero-order valence-corrected chi connectivity index (χ0v) is 17.2. The maximum Gasteiger partial charge on any atom is 0.343 e. The molecule has 0 radical (unpaired) electrons. The highest BCUT2D eigenvalue weighted by Gasteiger charge is 2.22. The summed E-state index contributed by atoms with van der Waals surface area (Å²) in [5.74, 6) is -3.44. The molecule has 12 nitrogen and oxygen atoms in total. The first-order valence-electron chi connectivity index (χ1n) is 8.90. The number of hydrogen-bond acceptors (Lipinski definition) is 9. The lowest BCUT2D eigenvalue weighted by molar-refractivity contribution is -0.384. The van der Waals surface area contributed by atoms with Crippen molar-refractivity contribution in [1.82, 2.24) is 9.71 Å². The number of non-ortho nitro benzene ring substituents is 1. The van der Waals surface area contributed by atoms with E-state index in [0.717, 1.165) is 42.6 Å². The number of carbonyl (C=O) groups excluding carboxylic acids is 2. The Labute approximate surface area is 185 Å². The third kappa shape index (κ3) is 5.54. The number of nitrogens with zero attached hydrogens (tertiary/aromatic N) is 2. The molecule has 168 valence electrons. The number of esters is 1. The van der Waals surface area contributed by atoms with E-state index in [2.05, 4.69) is 4.98 Å². The number of pyridine rings is 1. The van der Waals surface area contributed by atoms with Crippen molar-refractivity contribution >= 4 is 33.6 Å². The van der Waals surface area contributed by atoms with Gasteiger partial charge in [0.15, 0.2) is 0 Å². The van der Waals surface area contributed by atoms with Crippen molar-refractivity contribution in [1.29, 1.82) is 0 Å². The Bertz CT molecular complexity index is 1370. The van der Waals surface area contributed by atoms with Crippen LogP contribution in [0.3, 0.4) is 0 Å². The topological polar surface area (TPSA) is 183 Å². The number of carboxylic acid groups (broad SMARTS) is 1. The monoisotopic (exact) mass is 471 g/mol. The molecule has 1 heterocycles. The molecule has 0 aliphatic rings. The second kappa shape index (κ2) is 9.23. The van der Waals surface area contributed by atoms with E-state index in [0.29, 0.717) is 0 Å². The molecule has 2 N–H and O–H groups in total. The Hall–Kier alpha value is -4.65. The number of hydrogen-bond donors (Lipinski definition) is 2. The van der Waals surface area contributed by atoms with Crippen LogP contribution in [0, 0.1) is 10.1 Å². The molecular weight excluding hydrogens is 458 g/mol. The van der Waals surface area contributed by atoms with Crippen molar-refractivity contribution in [3.05, 3.63) is 93.8 Å². The molecule has 3 aromatic rings. The second-order valence-corrected chi connectivity index (χ2v) is 8.02. The normalized spacial score (nSPS) is 10.8. The van der Waals surface area contributed by atoms with Crippen LogP contribution in [0.25, 0.3) is 0 Å². The molecule has 2 aromatic carbocycles. The summed E-state index contributed by atoms with van der Waals surface area (Å²) in [6.07, 6.45) is 1.04. The van der Waals surface area contributed by atoms with Gasteiger partial charge >= 0.3 is 11.9 Å². The predicted molar refractivity (Wildman–Crippen MR) is 110 cm³/mol. The highest BCUT2D eigenvalue weighted by atomic mass is 32.2. The van der Waals surface area contributed by atoms with Crippen molar-refractivity contribution in [2.75, 3.05) is 0 Å². The van der Waals surface area contributed by atoms with E-state index >= 15 is 0 Å². The summed E-state index contributed by atoms with van der Waals surface area (Å²) >= 11 is 0. The van der Waals surface area contributed by atoms with Crippen molar-refractivity contribution < 1.29 is 37.6 Å². The number of sulfonamides is 1. The fourth-order valence-electron chi connectivity index (χ4n) is 2.51. The molecule has 3 rings (SSSR count). The Morgan fingerprint density at radius 2 is 1.70 bits per heavy atom. The zero-order chi connectivity index (χ0) is 24.2. The van der Waals surface area contributed by atoms with Crippen LogP contribution in [0.2, 0.25) is 0 Å². The average Bonchev–Trinajstić information content (AvgIpc) is 2.79. The number of nitro benzene ring substituents is 1. The molecule has 1 aromatic heterocycles. The molecule has 0 spiro atoms. The van der Waals surface area contributed by atoms with Crippen molar-refractivity contribution in [2.24, 2.45) is 0 Å². The molecule has 0 unspecified atom stereocenters. The zero-order valence-electron chi connectivity index (χ0n) is 16.4. The SMILES string of the molecule is O=C(O)c1ccnc(C(=O)NS(=O)(=O)c2cccc(C(=O)Oc3ccc([N+](=O)[O-])cc3)c2)c1. The molecule has 0 saturated heterocycles. The van der Waals surface area contributed by atoms with Crippen LogP contribution >= 0.6 is 0 Å². The number of carboxylic acids is 1. The Morgan fingerprint density at radius 1 is 1.00 bits per heavy atom. The van der Waals surface area contributed by atoms with Crippen molar-refractivity contribution in [3.8, 4) is 5.75 Å². The van der Waals surface area contributed by atoms with E-state index in [1.165, 1.54) is 24.3 Å². The van der Waals surface area contributed by atoms with E-state index in [4.69, 9.17) is 9.84 Å². The lowest BCUT2D eigenvalue weighted by Gasteiger charge is -2.09. The van der Waals surface area contributed by atoms with Gasteiger partial charge in [-0.25, -0.2) is 22.7 Å². The minimum absolute atomic E-state index is 0.00319. The minimum Gasteiger partial charge on any atom is -0.478 e. The van der Waals surface area contributed by atoms with Gasteiger partial charge in [0.2, 0.25) is 0 Å². The lowest BCUT2D eigenvalue weighted by atomic mass is 10.2. The van der Waals surface area contributed by atoms with E-state index in [-0.39, 0.29) is 22.6 Å². The molecule has 0 aliphatic heterocycles. The molecule has 0 atom stereocenters. The summed E-state index contributed by atoms with van der Waals surface area (Å²) in [5.41, 5.74) is -1.08. The fraction of sp³-hybridized carbons (Fsp3) is 0. The minimum atomic E-state index is -4.45. The van der Waals surface area contributed by atoms with Gasteiger partial charge in [-0.3, -0.25) is 19.9 Å². The van der Waals surface area contributed by atoms with Gasteiger partial charge in [-0.2, -0.15) is 0 Å². The van der Waals surface area contributed by atoms with Gasteiger partial charge in [0.05, 0.1) is 20.9 Å². The number of aromatic carboxylic acids is 1. The van der Waals surface area contributed by atoms with Crippen molar-refractivity contribution in [3.63, 3.8) is 0 Å². The van der Waals surface area contributed by atoms with Gasteiger partial charge in [-0.05, 0) is 42.5 Å². The van der Waals surface area contributed by atoms with Gasteiger partial charge in [0, 0.05) is 18.3 Å². The number of benzene rings is 2. The summed E-state index contributed by atoms with van der Waals surface area (Å²) in [7, 11) is -4.45. The van der Waals surface area contributed by atoms with Crippen LogP contribution in [0.15, 0.2) is 71.8 Å². The van der Waals surface area contributed by atoms with Crippen LogP contribution in [0.5, 0.6) is 5.75 Å². The molecule has 0 bridgehead atoms. The molecular formula is C20H13N3O9S. The third-order valence-corrected chi connectivity index (χ3v) is 5.43. The third-order valence-electron chi connectivity index (χ3n) is 4.10. The number of amides is 1. The summed E-state index contributed by atoms with van der Waals surface area (Å²) in [6.45, 7) is 0. The molecule has 0 aliphatic carbocycles. The summed E-state index contributed by atoms with van der Waals surface area (Å²) in [6, 6.07) is 11.3. The predicted octanol–water partition coefficient (Wildman–Crippen LogP) is 2.03.